The summed E-state index contributed by atoms with van der Waals surface area (Å²) in [6.07, 6.45) is -2.79. The van der Waals surface area contributed by atoms with E-state index in [0.717, 1.165) is 0 Å². The van der Waals surface area contributed by atoms with Crippen molar-refractivity contribution in [1.82, 2.24) is 4.90 Å². The Balaban J connectivity index is 1.80. The van der Waals surface area contributed by atoms with Gasteiger partial charge in [0.1, 0.15) is 24.6 Å². The highest BCUT2D eigenvalue weighted by atomic mass is 32.2. The predicted molar refractivity (Wildman–Crippen MR) is 149 cm³/mol. The van der Waals surface area contributed by atoms with Crippen molar-refractivity contribution in [3.8, 4) is 0 Å². The molecule has 3 aliphatic rings. The van der Waals surface area contributed by atoms with E-state index in [1.54, 1.807) is 29.2 Å². The van der Waals surface area contributed by atoms with Crippen LogP contribution in [-0.4, -0.2) is 74.0 Å². The number of cyclic esters (lactones) is 1. The van der Waals surface area contributed by atoms with Gasteiger partial charge in [0.25, 0.3) is 10.1 Å². The Morgan fingerprint density at radius 2 is 1.47 bits per heavy atom. The van der Waals surface area contributed by atoms with Gasteiger partial charge in [0.15, 0.2) is 0 Å². The molecular weight excluding hydrogens is 543 g/mol. The molecule has 4 rings (SSSR count). The molecule has 0 N–H and O–H groups in total. The number of hydrogen-bond acceptors (Lipinski definition) is 8. The fourth-order valence-electron chi connectivity index (χ4n) is 6.12. The van der Waals surface area contributed by atoms with Gasteiger partial charge in [-0.15, -0.1) is 0 Å². The number of carbonyl (C=O) groups excluding carboxylic acids is 1. The maximum absolute atomic E-state index is 13.4. The number of carbonyl (C=O) groups is 1. The molecular formula is C26H43NO8SSi2. The molecule has 4 atom stereocenters. The molecule has 3 fully saturated rings. The number of amides is 1. The Bertz CT molecular complexity index is 1080. The normalized spacial score (nSPS) is 28.9. The van der Waals surface area contributed by atoms with Crippen LogP contribution in [0.2, 0.25) is 22.2 Å². The van der Waals surface area contributed by atoms with Gasteiger partial charge in [-0.2, -0.15) is 8.42 Å². The summed E-state index contributed by atoms with van der Waals surface area (Å²) in [6.45, 7) is 17.2. The van der Waals surface area contributed by atoms with Crippen LogP contribution in [0, 0.1) is 0 Å². The maximum Gasteiger partial charge on any atom is 0.410 e. The molecule has 12 heteroatoms. The molecule has 214 valence electrons. The minimum atomic E-state index is -4.04. The van der Waals surface area contributed by atoms with Gasteiger partial charge in [-0.25, -0.2) is 4.79 Å². The average molecular weight is 586 g/mol. The standard InChI is InChI=1S/C26H43NO8SSi2/c1-17(2)37(18(3)4)33-23-14-27-22(15-31-26(27)28)24(25(23)34-38(35-37,19(5)6)20(7)8)32-36(29,30)16-21-12-10-9-11-13-21/h9-13,17-20,22-25H,14-16H2,1-8H3/t22?,23-,24+,25+/m0/s1. The molecule has 1 aromatic carbocycles. The minimum absolute atomic E-state index is 0.0344. The van der Waals surface area contributed by atoms with Crippen molar-refractivity contribution in [2.75, 3.05) is 13.2 Å². The molecule has 3 aliphatic heterocycles. The lowest BCUT2D eigenvalue weighted by molar-refractivity contribution is -0.0897. The maximum atomic E-state index is 13.4. The fraction of sp³-hybridized carbons (Fsp3) is 0.731. The van der Waals surface area contributed by atoms with Crippen LogP contribution in [0.1, 0.15) is 61.0 Å². The Morgan fingerprint density at radius 3 is 2.03 bits per heavy atom. The first-order valence-electron chi connectivity index (χ1n) is 13.7. The number of fused-ring (bicyclic) bond motifs is 2. The van der Waals surface area contributed by atoms with Gasteiger partial charge in [0.2, 0.25) is 0 Å². The summed E-state index contributed by atoms with van der Waals surface area (Å²) in [5, 5.41) is 0. The molecule has 9 nitrogen and oxygen atoms in total. The third-order valence-electron chi connectivity index (χ3n) is 8.10. The number of ether oxygens (including phenoxy) is 1. The van der Waals surface area contributed by atoms with Gasteiger partial charge < -0.3 is 17.7 Å². The molecule has 3 heterocycles. The van der Waals surface area contributed by atoms with Crippen molar-refractivity contribution in [2.24, 2.45) is 0 Å². The summed E-state index contributed by atoms with van der Waals surface area (Å²) in [5.74, 6) is -0.284. The van der Waals surface area contributed by atoms with Crippen molar-refractivity contribution >= 4 is 33.3 Å². The quantitative estimate of drug-likeness (QED) is 0.308. The third kappa shape index (κ3) is 5.37. The van der Waals surface area contributed by atoms with Gasteiger partial charge in [0.05, 0.1) is 18.7 Å². The van der Waals surface area contributed by atoms with Crippen molar-refractivity contribution in [1.29, 1.82) is 0 Å². The van der Waals surface area contributed by atoms with Crippen molar-refractivity contribution < 1.29 is 35.1 Å². The smallest absolute Gasteiger partial charge is 0.410 e. The highest BCUT2D eigenvalue weighted by Crippen LogP contribution is 2.49. The fourth-order valence-corrected chi connectivity index (χ4v) is 18.7. The Hall–Kier alpha value is -1.29. The topological polar surface area (TPSA) is 101 Å². The second kappa shape index (κ2) is 10.9. The first-order valence-corrected chi connectivity index (χ1v) is 19.2. The number of nitrogens with zero attached hydrogens (tertiary/aromatic N) is 1. The summed E-state index contributed by atoms with van der Waals surface area (Å²) in [7, 11) is -9.95. The van der Waals surface area contributed by atoms with E-state index < -0.39 is 57.7 Å². The number of hydrogen-bond donors (Lipinski definition) is 0. The molecule has 1 unspecified atom stereocenters. The van der Waals surface area contributed by atoms with Crippen molar-refractivity contribution in [2.45, 2.75) is 108 Å². The van der Waals surface area contributed by atoms with Crippen LogP contribution in [0.25, 0.3) is 0 Å². The number of piperidine rings is 1. The lowest BCUT2D eigenvalue weighted by Crippen LogP contribution is -2.65. The minimum Gasteiger partial charge on any atom is -0.447 e. The van der Waals surface area contributed by atoms with E-state index in [0.29, 0.717) is 5.56 Å². The van der Waals surface area contributed by atoms with Crippen molar-refractivity contribution in [3.05, 3.63) is 35.9 Å². The van der Waals surface area contributed by atoms with Gasteiger partial charge in [0, 0.05) is 0 Å². The first kappa shape index (κ1) is 29.7. The van der Waals surface area contributed by atoms with Gasteiger partial charge in [-0.3, -0.25) is 9.08 Å². The summed E-state index contributed by atoms with van der Waals surface area (Å²) in [6, 6.07) is 8.31. The van der Waals surface area contributed by atoms with E-state index in [-0.39, 0.29) is 41.1 Å². The molecule has 38 heavy (non-hydrogen) atoms. The zero-order chi connectivity index (χ0) is 28.0. The molecule has 3 saturated heterocycles. The third-order valence-corrected chi connectivity index (χ3v) is 19.6. The van der Waals surface area contributed by atoms with Crippen LogP contribution in [0.3, 0.4) is 0 Å². The van der Waals surface area contributed by atoms with Crippen LogP contribution in [-0.2, 0) is 37.8 Å². The lowest BCUT2D eigenvalue weighted by atomic mass is 9.95. The predicted octanol–water partition coefficient (Wildman–Crippen LogP) is 5.06. The van der Waals surface area contributed by atoms with E-state index in [1.807, 2.05) is 6.07 Å². The zero-order valence-corrected chi connectivity index (χ0v) is 26.6. The van der Waals surface area contributed by atoms with E-state index in [4.69, 9.17) is 21.9 Å². The van der Waals surface area contributed by atoms with E-state index in [1.165, 1.54) is 0 Å². The zero-order valence-electron chi connectivity index (χ0n) is 23.7. The summed E-state index contributed by atoms with van der Waals surface area (Å²) < 4.78 is 59.5. The highest BCUT2D eigenvalue weighted by Gasteiger charge is 2.65. The first-order chi connectivity index (χ1) is 17.7. The number of benzene rings is 1. The highest BCUT2D eigenvalue weighted by molar-refractivity contribution is 7.85. The molecule has 0 aliphatic carbocycles. The Morgan fingerprint density at radius 1 is 0.921 bits per heavy atom. The van der Waals surface area contributed by atoms with Gasteiger partial charge in [-0.05, 0) is 27.7 Å². The molecule has 1 aromatic rings. The Kier molecular flexibility index (Phi) is 8.55. The van der Waals surface area contributed by atoms with Gasteiger partial charge >= 0.3 is 23.2 Å². The Labute approximate surface area is 229 Å². The lowest BCUT2D eigenvalue weighted by Gasteiger charge is -2.46. The average Bonchev–Trinajstić information content (AvgIpc) is 3.09. The van der Waals surface area contributed by atoms with E-state index in [2.05, 4.69) is 55.4 Å². The van der Waals surface area contributed by atoms with Crippen LogP contribution in [0.4, 0.5) is 4.79 Å². The summed E-state index contributed by atoms with van der Waals surface area (Å²) in [5.41, 5.74) is 0.999. The van der Waals surface area contributed by atoms with E-state index >= 15 is 0 Å². The van der Waals surface area contributed by atoms with Crippen LogP contribution in [0.5, 0.6) is 0 Å². The van der Waals surface area contributed by atoms with E-state index in [9.17, 15) is 13.2 Å². The largest absolute Gasteiger partial charge is 0.447 e. The van der Waals surface area contributed by atoms with Crippen LogP contribution < -0.4 is 0 Å². The molecule has 0 saturated carbocycles. The monoisotopic (exact) mass is 585 g/mol. The molecule has 1 amide bonds. The second-order valence-electron chi connectivity index (χ2n) is 11.9. The molecule has 0 radical (unpaired) electrons. The summed E-state index contributed by atoms with van der Waals surface area (Å²) >= 11 is 0. The SMILES string of the molecule is CC(C)[Si]1(C(C)C)O[C@@H]2[C@H](CN3C(=O)OCC3[C@H]2OS(=O)(=O)Cc2ccccc2)O[Si](C(C)C)(C(C)C)O1. The number of rotatable bonds is 8. The van der Waals surface area contributed by atoms with Gasteiger partial charge in [-0.1, -0.05) is 85.7 Å². The molecule has 0 aromatic heterocycles. The van der Waals surface area contributed by atoms with Crippen LogP contribution in [0.15, 0.2) is 30.3 Å². The summed E-state index contributed by atoms with van der Waals surface area (Å²) in [4.78, 5) is 14.3. The van der Waals surface area contributed by atoms with Crippen molar-refractivity contribution in [3.63, 3.8) is 0 Å². The van der Waals surface area contributed by atoms with Crippen LogP contribution >= 0.6 is 0 Å². The molecule has 0 spiro atoms. The second-order valence-corrected chi connectivity index (χ2v) is 22.3. The molecule has 0 bridgehead atoms.